The van der Waals surface area contributed by atoms with Gasteiger partial charge in [0.2, 0.25) is 0 Å². The van der Waals surface area contributed by atoms with Crippen molar-refractivity contribution in [2.45, 2.75) is 31.2 Å². The fourth-order valence-corrected chi connectivity index (χ4v) is 4.78. The van der Waals surface area contributed by atoms with Gasteiger partial charge in [-0.15, -0.1) is 0 Å². The molecule has 3 aliphatic carbocycles. The molecule has 0 amide bonds. The molecular formula is C17H20N2. The predicted octanol–water partition coefficient (Wildman–Crippen LogP) is 2.93. The van der Waals surface area contributed by atoms with Crippen LogP contribution in [0.5, 0.6) is 0 Å². The molecule has 2 heteroatoms. The van der Waals surface area contributed by atoms with Gasteiger partial charge in [-0.3, -0.25) is 0 Å². The molecular weight excluding hydrogens is 232 g/mol. The molecule has 1 aromatic carbocycles. The van der Waals surface area contributed by atoms with Crippen molar-refractivity contribution in [3.8, 4) is 6.07 Å². The van der Waals surface area contributed by atoms with E-state index >= 15 is 0 Å². The highest BCUT2D eigenvalue weighted by Crippen LogP contribution is 2.65. The van der Waals surface area contributed by atoms with E-state index in [0.717, 1.165) is 41.8 Å². The minimum atomic E-state index is 0.000166. The van der Waals surface area contributed by atoms with E-state index in [1.807, 2.05) is 18.2 Å². The Morgan fingerprint density at radius 1 is 1.16 bits per heavy atom. The van der Waals surface area contributed by atoms with Crippen LogP contribution in [0.1, 0.15) is 30.7 Å². The third kappa shape index (κ3) is 1.80. The predicted molar refractivity (Wildman–Crippen MR) is 74.4 cm³/mol. The first-order chi connectivity index (χ1) is 9.38. The Morgan fingerprint density at radius 3 is 2.47 bits per heavy atom. The first-order valence-electron chi connectivity index (χ1n) is 7.56. The van der Waals surface area contributed by atoms with E-state index in [2.05, 4.69) is 23.5 Å². The molecule has 4 rings (SSSR count). The topological polar surface area (TPSA) is 35.8 Å². The number of fused-ring (bicyclic) bond motifs is 5. The molecule has 0 heterocycles. The zero-order valence-corrected chi connectivity index (χ0v) is 11.1. The molecule has 1 N–H and O–H groups in total. The number of rotatable bonds is 4. The van der Waals surface area contributed by atoms with Crippen molar-refractivity contribution >= 4 is 0 Å². The van der Waals surface area contributed by atoms with Crippen molar-refractivity contribution in [1.82, 2.24) is 5.32 Å². The fourth-order valence-electron chi connectivity index (χ4n) is 4.78. The molecule has 0 spiro atoms. The Hall–Kier alpha value is -1.33. The molecule has 3 fully saturated rings. The highest BCUT2D eigenvalue weighted by molar-refractivity contribution is 5.26. The van der Waals surface area contributed by atoms with Gasteiger partial charge in [0.05, 0.1) is 12.0 Å². The lowest BCUT2D eigenvalue weighted by atomic mass is 10.00. The monoisotopic (exact) mass is 252 g/mol. The van der Waals surface area contributed by atoms with Gasteiger partial charge in [-0.1, -0.05) is 30.3 Å². The maximum absolute atomic E-state index is 9.34. The highest BCUT2D eigenvalue weighted by Gasteiger charge is 2.64. The third-order valence-electron chi connectivity index (χ3n) is 5.65. The Morgan fingerprint density at radius 2 is 1.84 bits per heavy atom. The van der Waals surface area contributed by atoms with Gasteiger partial charge in [0.1, 0.15) is 0 Å². The first kappa shape index (κ1) is 11.5. The highest BCUT2D eigenvalue weighted by atomic mass is 15.0. The molecule has 0 saturated heterocycles. The zero-order chi connectivity index (χ0) is 12.8. The molecule has 3 saturated carbocycles. The lowest BCUT2D eigenvalue weighted by Crippen LogP contribution is -2.27. The Balaban J connectivity index is 1.37. The minimum Gasteiger partial charge on any atom is -0.312 e. The summed E-state index contributed by atoms with van der Waals surface area (Å²) in [7, 11) is 0. The molecule has 2 nitrogen and oxygen atoms in total. The van der Waals surface area contributed by atoms with Crippen molar-refractivity contribution in [2.24, 2.45) is 23.7 Å². The van der Waals surface area contributed by atoms with E-state index in [4.69, 9.17) is 0 Å². The number of nitriles is 1. The molecule has 0 radical (unpaired) electrons. The smallest absolute Gasteiger partial charge is 0.0837 e. The van der Waals surface area contributed by atoms with Crippen LogP contribution in [0.25, 0.3) is 0 Å². The van der Waals surface area contributed by atoms with Crippen LogP contribution in [-0.2, 0) is 0 Å². The van der Waals surface area contributed by atoms with Gasteiger partial charge < -0.3 is 5.32 Å². The van der Waals surface area contributed by atoms with E-state index < -0.39 is 0 Å². The maximum Gasteiger partial charge on any atom is 0.0837 e. The van der Waals surface area contributed by atoms with Crippen LogP contribution in [0, 0.1) is 35.0 Å². The van der Waals surface area contributed by atoms with E-state index in [-0.39, 0.29) is 5.92 Å². The molecule has 98 valence electrons. The second-order valence-corrected chi connectivity index (χ2v) is 6.51. The number of hydrogen-bond acceptors (Lipinski definition) is 2. The Kier molecular flexibility index (Phi) is 2.63. The number of hydrogen-bond donors (Lipinski definition) is 1. The summed E-state index contributed by atoms with van der Waals surface area (Å²) < 4.78 is 0. The van der Waals surface area contributed by atoms with Crippen molar-refractivity contribution < 1.29 is 0 Å². The molecule has 2 bridgehead atoms. The van der Waals surface area contributed by atoms with Crippen LogP contribution in [0.4, 0.5) is 0 Å². The molecule has 5 unspecified atom stereocenters. The van der Waals surface area contributed by atoms with Crippen LogP contribution >= 0.6 is 0 Å². The minimum absolute atomic E-state index is 0.000166. The summed E-state index contributed by atoms with van der Waals surface area (Å²) in [5.41, 5.74) is 1.14. The van der Waals surface area contributed by atoms with Crippen molar-refractivity contribution in [2.75, 3.05) is 6.54 Å². The quantitative estimate of drug-likeness (QED) is 0.894. The summed E-state index contributed by atoms with van der Waals surface area (Å²) in [6.07, 6.45) is 4.42. The number of nitrogens with one attached hydrogen (secondary N) is 1. The van der Waals surface area contributed by atoms with Gasteiger partial charge in [-0.25, -0.2) is 0 Å². The van der Waals surface area contributed by atoms with Gasteiger partial charge in [0, 0.05) is 12.6 Å². The van der Waals surface area contributed by atoms with Crippen LogP contribution in [0.2, 0.25) is 0 Å². The number of benzene rings is 1. The van der Waals surface area contributed by atoms with Gasteiger partial charge in [0.25, 0.3) is 0 Å². The summed E-state index contributed by atoms with van der Waals surface area (Å²) in [5, 5.41) is 13.0. The standard InChI is InChI=1S/C17H20N2/c18-9-14(11-4-2-1-3-5-11)10-19-17-15-12-6-7-13(8-12)16(15)17/h1-5,12-17,19H,6-8,10H2. The van der Waals surface area contributed by atoms with Crippen molar-refractivity contribution in [3.63, 3.8) is 0 Å². The molecule has 19 heavy (non-hydrogen) atoms. The van der Waals surface area contributed by atoms with Gasteiger partial charge in [0.15, 0.2) is 0 Å². The second kappa shape index (κ2) is 4.35. The van der Waals surface area contributed by atoms with Crippen LogP contribution in [-0.4, -0.2) is 12.6 Å². The lowest BCUT2D eigenvalue weighted by molar-refractivity contribution is 0.456. The van der Waals surface area contributed by atoms with E-state index in [1.165, 1.54) is 19.3 Å². The van der Waals surface area contributed by atoms with Crippen LogP contribution in [0.3, 0.4) is 0 Å². The third-order valence-corrected chi connectivity index (χ3v) is 5.65. The molecule has 0 aliphatic heterocycles. The average molecular weight is 252 g/mol. The zero-order valence-electron chi connectivity index (χ0n) is 11.1. The Labute approximate surface area is 114 Å². The molecule has 0 aromatic heterocycles. The van der Waals surface area contributed by atoms with E-state index in [1.54, 1.807) is 0 Å². The summed E-state index contributed by atoms with van der Waals surface area (Å²) in [4.78, 5) is 0. The van der Waals surface area contributed by atoms with Gasteiger partial charge in [-0.05, 0) is 48.5 Å². The SMILES string of the molecule is N#CC(CNC1C2C3CCC(C3)C12)c1ccccc1. The normalized spacial score (nSPS) is 39.6. The lowest BCUT2D eigenvalue weighted by Gasteiger charge is -2.14. The fraction of sp³-hybridized carbons (Fsp3) is 0.588. The maximum atomic E-state index is 9.34. The van der Waals surface area contributed by atoms with Crippen LogP contribution < -0.4 is 5.32 Å². The van der Waals surface area contributed by atoms with Gasteiger partial charge in [-0.2, -0.15) is 5.26 Å². The number of nitrogens with zero attached hydrogens (tertiary/aromatic N) is 1. The largest absolute Gasteiger partial charge is 0.312 e. The van der Waals surface area contributed by atoms with E-state index in [9.17, 15) is 5.26 Å². The summed E-state index contributed by atoms with van der Waals surface area (Å²) in [6, 6.07) is 13.3. The molecule has 1 aromatic rings. The summed E-state index contributed by atoms with van der Waals surface area (Å²) in [6.45, 7) is 0.817. The average Bonchev–Trinajstić information content (AvgIpc) is 2.85. The molecule has 5 atom stereocenters. The summed E-state index contributed by atoms with van der Waals surface area (Å²) in [5.74, 6) is 3.91. The van der Waals surface area contributed by atoms with Crippen LogP contribution in [0.15, 0.2) is 30.3 Å². The molecule has 3 aliphatic rings. The summed E-state index contributed by atoms with van der Waals surface area (Å²) >= 11 is 0. The van der Waals surface area contributed by atoms with Gasteiger partial charge >= 0.3 is 0 Å². The Bertz CT molecular complexity index is 488. The first-order valence-corrected chi connectivity index (χ1v) is 7.56. The van der Waals surface area contributed by atoms with Crippen molar-refractivity contribution in [3.05, 3.63) is 35.9 Å². The van der Waals surface area contributed by atoms with Crippen molar-refractivity contribution in [1.29, 1.82) is 5.26 Å². The van der Waals surface area contributed by atoms with E-state index in [0.29, 0.717) is 0 Å². The second-order valence-electron chi connectivity index (χ2n) is 6.51.